The molecule has 18 heavy (non-hydrogen) atoms. The summed E-state index contributed by atoms with van der Waals surface area (Å²) in [4.78, 5) is 15.8. The van der Waals surface area contributed by atoms with Gasteiger partial charge in [-0.2, -0.15) is 0 Å². The van der Waals surface area contributed by atoms with Gasteiger partial charge in [0.2, 0.25) is 0 Å². The lowest BCUT2D eigenvalue weighted by molar-refractivity contribution is 0.102. The van der Waals surface area contributed by atoms with Crippen LogP contribution in [0.1, 0.15) is 10.4 Å². The van der Waals surface area contributed by atoms with Crippen molar-refractivity contribution in [2.45, 2.75) is 0 Å². The van der Waals surface area contributed by atoms with Gasteiger partial charge in [0.05, 0.1) is 11.3 Å². The number of hydrogen-bond acceptors (Lipinski definition) is 2. The molecule has 2 rings (SSSR count). The zero-order valence-electron chi connectivity index (χ0n) is 8.95. The molecule has 6 heteroatoms. The normalized spacial score (nSPS) is 10.2. The van der Waals surface area contributed by atoms with Gasteiger partial charge < -0.3 is 5.32 Å². The van der Waals surface area contributed by atoms with Crippen molar-refractivity contribution >= 4 is 50.7 Å². The SMILES string of the molecule is O=C(Nc1ccc(Cl)cc1Br)c1ccc(Cl)nc1. The molecule has 0 aliphatic rings. The lowest BCUT2D eigenvalue weighted by Gasteiger charge is -2.07. The second-order valence-corrected chi connectivity index (χ2v) is 5.13. The van der Waals surface area contributed by atoms with Gasteiger partial charge in [-0.1, -0.05) is 23.2 Å². The summed E-state index contributed by atoms with van der Waals surface area (Å²) in [6, 6.07) is 8.29. The number of halogens is 3. The number of nitrogens with one attached hydrogen (secondary N) is 1. The van der Waals surface area contributed by atoms with Crippen LogP contribution in [-0.2, 0) is 0 Å². The molecule has 1 aromatic carbocycles. The quantitative estimate of drug-likeness (QED) is 0.819. The number of nitrogens with zero attached hydrogens (tertiary/aromatic N) is 1. The minimum atomic E-state index is -0.262. The highest BCUT2D eigenvalue weighted by Crippen LogP contribution is 2.26. The van der Waals surface area contributed by atoms with Crippen LogP contribution < -0.4 is 5.32 Å². The largest absolute Gasteiger partial charge is 0.321 e. The van der Waals surface area contributed by atoms with Crippen molar-refractivity contribution in [3.63, 3.8) is 0 Å². The van der Waals surface area contributed by atoms with E-state index in [1.807, 2.05) is 0 Å². The topological polar surface area (TPSA) is 42.0 Å². The molecular weight excluding hydrogens is 339 g/mol. The minimum Gasteiger partial charge on any atom is -0.321 e. The Morgan fingerprint density at radius 1 is 1.22 bits per heavy atom. The van der Waals surface area contributed by atoms with Crippen LogP contribution >= 0.6 is 39.1 Å². The molecule has 0 spiro atoms. The summed E-state index contributed by atoms with van der Waals surface area (Å²) in [6.45, 7) is 0. The summed E-state index contributed by atoms with van der Waals surface area (Å²) in [5.74, 6) is -0.262. The van der Waals surface area contributed by atoms with Gasteiger partial charge >= 0.3 is 0 Å². The Balaban J connectivity index is 2.18. The fourth-order valence-electron chi connectivity index (χ4n) is 1.30. The summed E-state index contributed by atoms with van der Waals surface area (Å²) >= 11 is 14.8. The first-order chi connectivity index (χ1) is 8.56. The van der Waals surface area contributed by atoms with Crippen LogP contribution in [0.3, 0.4) is 0 Å². The second kappa shape index (κ2) is 5.69. The number of amides is 1. The highest BCUT2D eigenvalue weighted by Gasteiger charge is 2.08. The smallest absolute Gasteiger partial charge is 0.257 e. The van der Waals surface area contributed by atoms with Crippen LogP contribution in [0.5, 0.6) is 0 Å². The van der Waals surface area contributed by atoms with Crippen molar-refractivity contribution in [1.82, 2.24) is 4.98 Å². The van der Waals surface area contributed by atoms with Crippen LogP contribution in [0.2, 0.25) is 10.2 Å². The van der Waals surface area contributed by atoms with E-state index in [2.05, 4.69) is 26.2 Å². The molecule has 0 radical (unpaired) electrons. The number of carbonyl (C=O) groups is 1. The molecular formula is C12H7BrCl2N2O. The van der Waals surface area contributed by atoms with Crippen LogP contribution in [0.15, 0.2) is 41.0 Å². The molecule has 92 valence electrons. The zero-order chi connectivity index (χ0) is 13.1. The highest BCUT2D eigenvalue weighted by atomic mass is 79.9. The summed E-state index contributed by atoms with van der Waals surface area (Å²) < 4.78 is 0.713. The Labute approximate surface area is 122 Å². The first-order valence-corrected chi connectivity index (χ1v) is 6.49. The average molecular weight is 346 g/mol. The van der Waals surface area contributed by atoms with Gasteiger partial charge in [-0.25, -0.2) is 4.98 Å². The van der Waals surface area contributed by atoms with Crippen molar-refractivity contribution in [3.8, 4) is 0 Å². The van der Waals surface area contributed by atoms with E-state index in [1.165, 1.54) is 6.20 Å². The van der Waals surface area contributed by atoms with Crippen molar-refractivity contribution in [3.05, 3.63) is 56.7 Å². The molecule has 0 aliphatic carbocycles. The lowest BCUT2D eigenvalue weighted by atomic mass is 10.2. The first kappa shape index (κ1) is 13.3. The van der Waals surface area contributed by atoms with E-state index in [4.69, 9.17) is 23.2 Å². The van der Waals surface area contributed by atoms with E-state index in [1.54, 1.807) is 30.3 Å². The summed E-state index contributed by atoms with van der Waals surface area (Å²) in [7, 11) is 0. The number of hydrogen-bond donors (Lipinski definition) is 1. The molecule has 0 atom stereocenters. The molecule has 0 saturated heterocycles. The molecule has 0 fully saturated rings. The van der Waals surface area contributed by atoms with Gasteiger partial charge in [0.25, 0.3) is 5.91 Å². The zero-order valence-corrected chi connectivity index (χ0v) is 12.1. The monoisotopic (exact) mass is 344 g/mol. The summed E-state index contributed by atoms with van der Waals surface area (Å²) in [6.07, 6.45) is 1.42. The number of rotatable bonds is 2. The maximum Gasteiger partial charge on any atom is 0.257 e. The molecule has 1 amide bonds. The molecule has 2 aromatic rings. The van der Waals surface area contributed by atoms with Crippen LogP contribution in [0.4, 0.5) is 5.69 Å². The Morgan fingerprint density at radius 2 is 2.00 bits per heavy atom. The summed E-state index contributed by atoms with van der Waals surface area (Å²) in [5.41, 5.74) is 1.07. The van der Waals surface area contributed by atoms with E-state index in [0.29, 0.717) is 25.9 Å². The maximum absolute atomic E-state index is 11.9. The van der Waals surface area contributed by atoms with Crippen molar-refractivity contribution in [2.75, 3.05) is 5.32 Å². The number of anilines is 1. The third kappa shape index (κ3) is 3.22. The minimum absolute atomic E-state index is 0.262. The molecule has 0 saturated carbocycles. The van der Waals surface area contributed by atoms with Gasteiger partial charge in [0.1, 0.15) is 5.15 Å². The third-order valence-corrected chi connectivity index (χ3v) is 3.28. The molecule has 1 heterocycles. The van der Waals surface area contributed by atoms with Crippen molar-refractivity contribution in [2.24, 2.45) is 0 Å². The van der Waals surface area contributed by atoms with Crippen LogP contribution in [0.25, 0.3) is 0 Å². The van der Waals surface area contributed by atoms with Gasteiger partial charge in [-0.3, -0.25) is 4.79 Å². The van der Waals surface area contributed by atoms with E-state index in [9.17, 15) is 4.79 Å². The van der Waals surface area contributed by atoms with Crippen molar-refractivity contribution in [1.29, 1.82) is 0 Å². The van der Waals surface area contributed by atoms with E-state index in [0.717, 1.165) is 0 Å². The van der Waals surface area contributed by atoms with Gasteiger partial charge in [-0.15, -0.1) is 0 Å². The number of carbonyl (C=O) groups excluding carboxylic acids is 1. The number of pyridine rings is 1. The van der Waals surface area contributed by atoms with Gasteiger partial charge in [0, 0.05) is 15.7 Å². The first-order valence-electron chi connectivity index (χ1n) is 4.94. The van der Waals surface area contributed by atoms with Crippen molar-refractivity contribution < 1.29 is 4.79 Å². The Bertz CT molecular complexity index is 587. The highest BCUT2D eigenvalue weighted by molar-refractivity contribution is 9.10. The van der Waals surface area contributed by atoms with E-state index < -0.39 is 0 Å². The maximum atomic E-state index is 11.9. The van der Waals surface area contributed by atoms with Gasteiger partial charge in [-0.05, 0) is 46.3 Å². The summed E-state index contributed by atoms with van der Waals surface area (Å²) in [5, 5.41) is 3.68. The fourth-order valence-corrected chi connectivity index (χ4v) is 2.19. The van der Waals surface area contributed by atoms with E-state index >= 15 is 0 Å². The van der Waals surface area contributed by atoms with Crippen LogP contribution in [-0.4, -0.2) is 10.9 Å². The molecule has 0 unspecified atom stereocenters. The Morgan fingerprint density at radius 3 is 2.61 bits per heavy atom. The molecule has 0 aliphatic heterocycles. The van der Waals surface area contributed by atoms with Gasteiger partial charge in [0.15, 0.2) is 0 Å². The van der Waals surface area contributed by atoms with E-state index in [-0.39, 0.29) is 5.91 Å². The molecule has 3 nitrogen and oxygen atoms in total. The molecule has 1 aromatic heterocycles. The Hall–Kier alpha value is -1.10. The average Bonchev–Trinajstić information content (AvgIpc) is 2.33. The fraction of sp³-hybridized carbons (Fsp3) is 0. The molecule has 1 N–H and O–H groups in total. The number of benzene rings is 1. The predicted molar refractivity (Wildman–Crippen MR) is 76.4 cm³/mol. The lowest BCUT2D eigenvalue weighted by Crippen LogP contribution is -2.12. The molecule has 0 bridgehead atoms. The predicted octanol–water partition coefficient (Wildman–Crippen LogP) is 4.40. The number of aromatic nitrogens is 1. The Kier molecular flexibility index (Phi) is 4.22. The second-order valence-electron chi connectivity index (χ2n) is 3.45. The van der Waals surface area contributed by atoms with Crippen LogP contribution in [0, 0.1) is 0 Å². The third-order valence-electron chi connectivity index (χ3n) is 2.17. The standard InChI is InChI=1S/C12H7BrCl2N2O/c13-9-5-8(14)2-3-10(9)17-12(18)7-1-4-11(15)16-6-7/h1-6H,(H,17,18).